The lowest BCUT2D eigenvalue weighted by Gasteiger charge is -2.18. The summed E-state index contributed by atoms with van der Waals surface area (Å²) in [5.41, 5.74) is 4.23. The van der Waals surface area contributed by atoms with Gasteiger partial charge in [-0.1, -0.05) is 12.1 Å². The van der Waals surface area contributed by atoms with Gasteiger partial charge in [-0.15, -0.1) is 0 Å². The highest BCUT2D eigenvalue weighted by molar-refractivity contribution is 5.88. The van der Waals surface area contributed by atoms with Crippen molar-refractivity contribution in [2.24, 2.45) is 5.73 Å². The highest BCUT2D eigenvalue weighted by Gasteiger charge is 2.31. The number of carbonyl (C=O) groups is 2. The summed E-state index contributed by atoms with van der Waals surface area (Å²) < 4.78 is 37.5. The number of primary amides is 1. The van der Waals surface area contributed by atoms with Crippen LogP contribution >= 0.6 is 0 Å². The van der Waals surface area contributed by atoms with Crippen LogP contribution in [0.2, 0.25) is 0 Å². The van der Waals surface area contributed by atoms with Gasteiger partial charge >= 0.3 is 6.18 Å². The molecule has 0 aromatic heterocycles. The summed E-state index contributed by atoms with van der Waals surface area (Å²) in [5.74, 6) is -1.74. The van der Waals surface area contributed by atoms with Crippen molar-refractivity contribution >= 4 is 11.8 Å². The Morgan fingerprint density at radius 1 is 1.24 bits per heavy atom. The van der Waals surface area contributed by atoms with E-state index in [0.717, 1.165) is 24.3 Å². The maximum Gasteiger partial charge on any atom is 0.416 e. The number of aliphatic hydroxyl groups is 1. The number of halogens is 3. The first kappa shape index (κ1) is 20.4. The lowest BCUT2D eigenvalue weighted by atomic mass is 10.0. The van der Waals surface area contributed by atoms with Crippen LogP contribution in [-0.4, -0.2) is 23.0 Å². The fourth-order valence-corrected chi connectivity index (χ4v) is 2.09. The molecule has 0 aliphatic carbocycles. The normalized spacial score (nSPS) is 13.6. The average molecular weight is 357 g/mol. The second-order valence-corrected chi connectivity index (χ2v) is 5.39. The minimum atomic E-state index is -4.52. The number of benzene rings is 1. The Morgan fingerprint density at radius 2 is 1.84 bits per heavy atom. The molecule has 136 valence electrons. The average Bonchev–Trinajstić information content (AvgIpc) is 2.55. The van der Waals surface area contributed by atoms with E-state index in [0.29, 0.717) is 19.3 Å². The maximum atomic E-state index is 12.5. The van der Waals surface area contributed by atoms with Gasteiger partial charge in [-0.3, -0.25) is 9.59 Å². The topological polar surface area (TPSA) is 116 Å². The number of rotatable bonds is 8. The molecular formula is C16H18F3N3O3. The zero-order chi connectivity index (χ0) is 19.0. The van der Waals surface area contributed by atoms with Gasteiger partial charge in [0, 0.05) is 6.42 Å². The molecule has 0 spiro atoms. The van der Waals surface area contributed by atoms with Crippen LogP contribution in [0.3, 0.4) is 0 Å². The lowest BCUT2D eigenvalue weighted by Crippen LogP contribution is -2.46. The predicted molar refractivity (Wildman–Crippen MR) is 81.6 cm³/mol. The van der Waals surface area contributed by atoms with E-state index in [1.807, 2.05) is 6.07 Å². The largest absolute Gasteiger partial charge is 0.416 e. The molecule has 0 radical (unpaired) electrons. The van der Waals surface area contributed by atoms with Crippen molar-refractivity contribution in [3.63, 3.8) is 0 Å². The fourth-order valence-electron chi connectivity index (χ4n) is 2.09. The molecule has 4 N–H and O–H groups in total. The summed E-state index contributed by atoms with van der Waals surface area (Å²) >= 11 is 0. The van der Waals surface area contributed by atoms with E-state index in [-0.39, 0.29) is 12.0 Å². The van der Waals surface area contributed by atoms with E-state index in [2.05, 4.69) is 5.32 Å². The monoisotopic (exact) mass is 357 g/mol. The summed E-state index contributed by atoms with van der Waals surface area (Å²) in [7, 11) is 0. The first-order chi connectivity index (χ1) is 11.7. The van der Waals surface area contributed by atoms with Crippen molar-refractivity contribution in [2.75, 3.05) is 0 Å². The van der Waals surface area contributed by atoms with Crippen molar-refractivity contribution in [1.29, 1.82) is 5.26 Å². The lowest BCUT2D eigenvalue weighted by molar-refractivity contribution is -0.137. The van der Waals surface area contributed by atoms with Gasteiger partial charge in [0.25, 0.3) is 5.91 Å². The van der Waals surface area contributed by atoms with Crippen LogP contribution in [0.4, 0.5) is 13.2 Å². The molecule has 0 saturated heterocycles. The molecule has 2 atom stereocenters. The standard InChI is InChI=1S/C16H18F3N3O3/c17-16(18,19)11-7-5-10(6-8-11)13(23)15(25)22-12(14(21)24)4-2-1-3-9-20/h5-8,12-13,23H,1-4H2,(H2,21,24)(H,22,25)/t12-,13+/m1/s1. The Bertz CT molecular complexity index is 639. The van der Waals surface area contributed by atoms with E-state index < -0.39 is 35.7 Å². The number of nitrogens with one attached hydrogen (secondary N) is 1. The third-order valence-electron chi connectivity index (χ3n) is 3.49. The molecule has 1 aromatic rings. The van der Waals surface area contributed by atoms with Crippen LogP contribution in [0, 0.1) is 11.3 Å². The Labute approximate surface area is 142 Å². The molecular weight excluding hydrogens is 339 g/mol. The van der Waals surface area contributed by atoms with Gasteiger partial charge in [0.1, 0.15) is 6.04 Å². The zero-order valence-electron chi connectivity index (χ0n) is 13.2. The van der Waals surface area contributed by atoms with Gasteiger partial charge in [0.05, 0.1) is 11.6 Å². The number of nitrogens with zero attached hydrogens (tertiary/aromatic N) is 1. The Morgan fingerprint density at radius 3 is 2.32 bits per heavy atom. The first-order valence-corrected chi connectivity index (χ1v) is 7.48. The Balaban J connectivity index is 2.70. The van der Waals surface area contributed by atoms with Crippen molar-refractivity contribution in [1.82, 2.24) is 5.32 Å². The van der Waals surface area contributed by atoms with Gasteiger partial charge in [0.2, 0.25) is 5.91 Å². The van der Waals surface area contributed by atoms with E-state index in [1.165, 1.54) is 0 Å². The molecule has 0 bridgehead atoms. The Kier molecular flexibility index (Phi) is 7.39. The number of unbranched alkanes of at least 4 members (excludes halogenated alkanes) is 2. The molecule has 6 nitrogen and oxygen atoms in total. The first-order valence-electron chi connectivity index (χ1n) is 7.48. The minimum absolute atomic E-state index is 0.0433. The molecule has 0 heterocycles. The van der Waals surface area contributed by atoms with Crippen LogP contribution in [-0.2, 0) is 15.8 Å². The summed E-state index contributed by atoms with van der Waals surface area (Å²) in [6, 6.07) is 4.38. The third-order valence-corrected chi connectivity index (χ3v) is 3.49. The molecule has 0 unspecified atom stereocenters. The van der Waals surface area contributed by atoms with E-state index in [4.69, 9.17) is 11.0 Å². The number of amides is 2. The smallest absolute Gasteiger partial charge is 0.378 e. The number of hydrogen-bond acceptors (Lipinski definition) is 4. The number of alkyl halides is 3. The Hall–Kier alpha value is -2.60. The molecule has 2 amide bonds. The van der Waals surface area contributed by atoms with Gasteiger partial charge in [-0.25, -0.2) is 0 Å². The molecule has 0 aliphatic rings. The molecule has 0 fully saturated rings. The molecule has 0 saturated carbocycles. The van der Waals surface area contributed by atoms with Crippen molar-refractivity contribution in [3.05, 3.63) is 35.4 Å². The maximum absolute atomic E-state index is 12.5. The highest BCUT2D eigenvalue weighted by Crippen LogP contribution is 2.29. The summed E-state index contributed by atoms with van der Waals surface area (Å²) in [5, 5.41) is 20.6. The molecule has 1 aromatic carbocycles. The second kappa shape index (κ2) is 9.03. The van der Waals surface area contributed by atoms with Gasteiger partial charge in [-0.2, -0.15) is 18.4 Å². The quantitative estimate of drug-likeness (QED) is 0.615. The van der Waals surface area contributed by atoms with E-state index >= 15 is 0 Å². The number of nitriles is 1. The van der Waals surface area contributed by atoms with Crippen LogP contribution in [0.25, 0.3) is 0 Å². The minimum Gasteiger partial charge on any atom is -0.378 e. The SMILES string of the molecule is N#CCCCC[C@@H](NC(=O)[C@@H](O)c1ccc(C(F)(F)F)cc1)C(N)=O. The van der Waals surface area contributed by atoms with Gasteiger partial charge in [0.15, 0.2) is 6.10 Å². The fraction of sp³-hybridized carbons (Fsp3) is 0.438. The number of carbonyl (C=O) groups excluding carboxylic acids is 2. The van der Waals surface area contributed by atoms with Crippen molar-refractivity contribution in [2.45, 2.75) is 44.0 Å². The third kappa shape index (κ3) is 6.43. The second-order valence-electron chi connectivity index (χ2n) is 5.39. The predicted octanol–water partition coefficient (Wildman–Crippen LogP) is 1.79. The molecule has 25 heavy (non-hydrogen) atoms. The van der Waals surface area contributed by atoms with E-state index in [1.54, 1.807) is 0 Å². The van der Waals surface area contributed by atoms with Crippen molar-refractivity contribution < 1.29 is 27.9 Å². The molecule has 9 heteroatoms. The molecule has 0 aliphatic heterocycles. The van der Waals surface area contributed by atoms with Crippen LogP contribution < -0.4 is 11.1 Å². The zero-order valence-corrected chi connectivity index (χ0v) is 13.2. The number of nitrogens with two attached hydrogens (primary N) is 1. The van der Waals surface area contributed by atoms with E-state index in [9.17, 15) is 27.9 Å². The highest BCUT2D eigenvalue weighted by atomic mass is 19.4. The van der Waals surface area contributed by atoms with Crippen LogP contribution in [0.15, 0.2) is 24.3 Å². The number of aliphatic hydroxyl groups excluding tert-OH is 1. The number of hydrogen-bond donors (Lipinski definition) is 3. The summed E-state index contributed by atoms with van der Waals surface area (Å²) in [4.78, 5) is 23.3. The van der Waals surface area contributed by atoms with Crippen LogP contribution in [0.1, 0.15) is 42.9 Å². The summed E-state index contributed by atoms with van der Waals surface area (Å²) in [6.45, 7) is 0. The van der Waals surface area contributed by atoms with Crippen molar-refractivity contribution in [3.8, 4) is 6.07 Å². The summed E-state index contributed by atoms with van der Waals surface area (Å²) in [6.07, 6.45) is -4.76. The van der Waals surface area contributed by atoms with Crippen LogP contribution in [0.5, 0.6) is 0 Å². The van der Waals surface area contributed by atoms with Gasteiger partial charge < -0.3 is 16.2 Å². The van der Waals surface area contributed by atoms with Gasteiger partial charge in [-0.05, 0) is 37.0 Å². The molecule has 1 rings (SSSR count).